The molecule has 3 heteroatoms. The number of benzene rings is 1. The monoisotopic (exact) mass is 196 g/mol. The van der Waals surface area contributed by atoms with Crippen molar-refractivity contribution in [2.45, 2.75) is 0 Å². The summed E-state index contributed by atoms with van der Waals surface area (Å²) in [6.45, 7) is 0. The average Bonchev–Trinajstić information content (AvgIpc) is 2.31. The maximum absolute atomic E-state index is 8.66. The van der Waals surface area contributed by atoms with Crippen molar-refractivity contribution in [3.8, 4) is 17.6 Å². The molecule has 0 aliphatic heterocycles. The van der Waals surface area contributed by atoms with E-state index in [9.17, 15) is 0 Å². The van der Waals surface area contributed by atoms with E-state index in [0.717, 1.165) is 5.75 Å². The van der Waals surface area contributed by atoms with Gasteiger partial charge in [0.15, 0.2) is 0 Å². The van der Waals surface area contributed by atoms with Crippen molar-refractivity contribution in [1.82, 2.24) is 4.98 Å². The smallest absolute Gasteiger partial charge is 0.144 e. The van der Waals surface area contributed by atoms with E-state index in [1.165, 1.54) is 0 Å². The molecule has 3 nitrogen and oxygen atoms in total. The fourth-order valence-corrected chi connectivity index (χ4v) is 1.16. The summed E-state index contributed by atoms with van der Waals surface area (Å²) in [6.07, 6.45) is 1.55. The zero-order valence-corrected chi connectivity index (χ0v) is 7.92. The molecule has 0 aliphatic rings. The Hall–Kier alpha value is -2.34. The predicted octanol–water partition coefficient (Wildman–Crippen LogP) is 2.75. The maximum atomic E-state index is 8.66. The molecular formula is C12H8N2O. The van der Waals surface area contributed by atoms with Gasteiger partial charge in [0.25, 0.3) is 0 Å². The Balaban J connectivity index is 2.22. The van der Waals surface area contributed by atoms with Crippen LogP contribution in [0.1, 0.15) is 5.69 Å². The van der Waals surface area contributed by atoms with Crippen LogP contribution in [-0.2, 0) is 0 Å². The molecule has 1 aromatic heterocycles. The summed E-state index contributed by atoms with van der Waals surface area (Å²) in [6, 6.07) is 14.7. The van der Waals surface area contributed by atoms with Crippen molar-refractivity contribution in [2.24, 2.45) is 0 Å². The fourth-order valence-electron chi connectivity index (χ4n) is 1.16. The molecule has 0 N–H and O–H groups in total. The van der Waals surface area contributed by atoms with Gasteiger partial charge in [0.1, 0.15) is 23.3 Å². The van der Waals surface area contributed by atoms with Gasteiger partial charge in [-0.25, -0.2) is 4.98 Å². The minimum absolute atomic E-state index is 0.350. The van der Waals surface area contributed by atoms with Gasteiger partial charge in [-0.15, -0.1) is 0 Å². The molecule has 1 aromatic carbocycles. The number of hydrogen-bond acceptors (Lipinski definition) is 3. The quantitative estimate of drug-likeness (QED) is 0.741. The number of rotatable bonds is 2. The second-order valence-electron chi connectivity index (χ2n) is 2.90. The minimum Gasteiger partial charge on any atom is -0.457 e. The van der Waals surface area contributed by atoms with Gasteiger partial charge in [-0.2, -0.15) is 5.26 Å². The zero-order valence-electron chi connectivity index (χ0n) is 7.92. The lowest BCUT2D eigenvalue weighted by Gasteiger charge is -2.04. The lowest BCUT2D eigenvalue weighted by molar-refractivity contribution is 0.481. The number of hydrogen-bond donors (Lipinski definition) is 0. The lowest BCUT2D eigenvalue weighted by atomic mass is 10.3. The van der Waals surface area contributed by atoms with Crippen LogP contribution in [0, 0.1) is 11.3 Å². The first-order valence-electron chi connectivity index (χ1n) is 4.47. The van der Waals surface area contributed by atoms with Gasteiger partial charge in [-0.05, 0) is 18.2 Å². The molecule has 0 spiro atoms. The molecule has 0 bridgehead atoms. The van der Waals surface area contributed by atoms with Gasteiger partial charge in [0.05, 0.1) is 0 Å². The molecule has 0 fully saturated rings. The molecule has 2 rings (SSSR count). The van der Waals surface area contributed by atoms with E-state index in [4.69, 9.17) is 10.00 Å². The molecule has 0 saturated carbocycles. The van der Waals surface area contributed by atoms with E-state index in [1.54, 1.807) is 18.3 Å². The Labute approximate surface area is 87.6 Å². The van der Waals surface area contributed by atoms with Crippen LogP contribution < -0.4 is 4.74 Å². The first kappa shape index (κ1) is 9.22. The van der Waals surface area contributed by atoms with Gasteiger partial charge >= 0.3 is 0 Å². The van der Waals surface area contributed by atoms with Crippen LogP contribution in [0.15, 0.2) is 48.7 Å². The third-order valence-electron chi connectivity index (χ3n) is 1.82. The van der Waals surface area contributed by atoms with Gasteiger partial charge in [-0.3, -0.25) is 0 Å². The van der Waals surface area contributed by atoms with Crippen molar-refractivity contribution in [3.63, 3.8) is 0 Å². The Morgan fingerprint density at radius 2 is 1.87 bits per heavy atom. The van der Waals surface area contributed by atoms with Crippen LogP contribution >= 0.6 is 0 Å². The zero-order chi connectivity index (χ0) is 10.5. The molecule has 0 aliphatic carbocycles. The molecule has 0 unspecified atom stereocenters. The highest BCUT2D eigenvalue weighted by molar-refractivity contribution is 5.34. The van der Waals surface area contributed by atoms with Crippen LogP contribution in [0.25, 0.3) is 0 Å². The van der Waals surface area contributed by atoms with Crippen LogP contribution in [0.5, 0.6) is 11.5 Å². The largest absolute Gasteiger partial charge is 0.457 e. The number of ether oxygens (including phenoxy) is 1. The van der Waals surface area contributed by atoms with E-state index in [1.807, 2.05) is 36.4 Å². The second-order valence-corrected chi connectivity index (χ2v) is 2.90. The Kier molecular flexibility index (Phi) is 2.61. The van der Waals surface area contributed by atoms with Crippen molar-refractivity contribution in [1.29, 1.82) is 5.26 Å². The molecule has 0 radical (unpaired) electrons. The summed E-state index contributed by atoms with van der Waals surface area (Å²) < 4.78 is 5.53. The predicted molar refractivity (Wildman–Crippen MR) is 55.5 cm³/mol. The van der Waals surface area contributed by atoms with Crippen molar-refractivity contribution >= 4 is 0 Å². The molecular weight excluding hydrogens is 188 g/mol. The molecule has 0 atom stereocenters. The van der Waals surface area contributed by atoms with Crippen LogP contribution in [0.4, 0.5) is 0 Å². The Morgan fingerprint density at radius 1 is 1.07 bits per heavy atom. The summed E-state index contributed by atoms with van der Waals surface area (Å²) >= 11 is 0. The SMILES string of the molecule is N#Cc1cc(Oc2ccccc2)ccn1. The summed E-state index contributed by atoms with van der Waals surface area (Å²) in [7, 11) is 0. The number of nitriles is 1. The molecule has 2 aromatic rings. The highest BCUT2D eigenvalue weighted by Crippen LogP contribution is 2.20. The van der Waals surface area contributed by atoms with Crippen LogP contribution in [-0.4, -0.2) is 4.98 Å². The van der Waals surface area contributed by atoms with Crippen molar-refractivity contribution in [3.05, 3.63) is 54.4 Å². The highest BCUT2D eigenvalue weighted by Gasteiger charge is 1.98. The average molecular weight is 196 g/mol. The number of para-hydroxylation sites is 1. The van der Waals surface area contributed by atoms with E-state index < -0.39 is 0 Å². The number of pyridine rings is 1. The third kappa shape index (κ3) is 2.32. The summed E-state index contributed by atoms with van der Waals surface area (Å²) in [4.78, 5) is 3.86. The Morgan fingerprint density at radius 3 is 2.60 bits per heavy atom. The first-order valence-corrected chi connectivity index (χ1v) is 4.47. The molecule has 72 valence electrons. The molecule has 1 heterocycles. The Bertz CT molecular complexity index is 488. The van der Waals surface area contributed by atoms with Crippen molar-refractivity contribution in [2.75, 3.05) is 0 Å². The van der Waals surface area contributed by atoms with Crippen molar-refractivity contribution < 1.29 is 4.74 Å². The van der Waals surface area contributed by atoms with Crippen LogP contribution in [0.2, 0.25) is 0 Å². The van der Waals surface area contributed by atoms with Gasteiger partial charge in [-0.1, -0.05) is 18.2 Å². The van der Waals surface area contributed by atoms with E-state index in [2.05, 4.69) is 4.98 Å². The summed E-state index contributed by atoms with van der Waals surface area (Å²) in [5, 5.41) is 8.66. The molecule has 0 amide bonds. The van der Waals surface area contributed by atoms with Crippen LogP contribution in [0.3, 0.4) is 0 Å². The number of nitrogens with zero attached hydrogens (tertiary/aromatic N) is 2. The summed E-state index contributed by atoms with van der Waals surface area (Å²) in [5.74, 6) is 1.36. The first-order chi connectivity index (χ1) is 7.38. The maximum Gasteiger partial charge on any atom is 0.144 e. The van der Waals surface area contributed by atoms with E-state index in [0.29, 0.717) is 11.4 Å². The van der Waals surface area contributed by atoms with Gasteiger partial charge < -0.3 is 4.74 Å². The summed E-state index contributed by atoms with van der Waals surface area (Å²) in [5.41, 5.74) is 0.350. The second kappa shape index (κ2) is 4.25. The number of aromatic nitrogens is 1. The normalized spacial score (nSPS) is 9.27. The standard InChI is InChI=1S/C12H8N2O/c13-9-10-8-12(6-7-14-10)15-11-4-2-1-3-5-11/h1-8H. The van der Waals surface area contributed by atoms with Gasteiger partial charge in [0, 0.05) is 12.3 Å². The minimum atomic E-state index is 0.350. The molecule has 0 saturated heterocycles. The van der Waals surface area contributed by atoms with E-state index in [-0.39, 0.29) is 0 Å². The lowest BCUT2D eigenvalue weighted by Crippen LogP contribution is -1.86. The fraction of sp³-hybridized carbons (Fsp3) is 0. The highest BCUT2D eigenvalue weighted by atomic mass is 16.5. The van der Waals surface area contributed by atoms with E-state index >= 15 is 0 Å². The molecule has 15 heavy (non-hydrogen) atoms. The third-order valence-corrected chi connectivity index (χ3v) is 1.82. The topological polar surface area (TPSA) is 45.9 Å². The van der Waals surface area contributed by atoms with Gasteiger partial charge in [0.2, 0.25) is 0 Å².